The highest BCUT2D eigenvalue weighted by molar-refractivity contribution is 5.83. The van der Waals surface area contributed by atoms with Gasteiger partial charge in [-0.25, -0.2) is 0 Å². The van der Waals surface area contributed by atoms with Gasteiger partial charge in [-0.15, -0.1) is 0 Å². The second kappa shape index (κ2) is 6.52. The van der Waals surface area contributed by atoms with Crippen molar-refractivity contribution in [2.45, 2.75) is 30.8 Å². The van der Waals surface area contributed by atoms with Crippen molar-refractivity contribution in [3.05, 3.63) is 65.7 Å². The third-order valence-electron chi connectivity index (χ3n) is 5.54. The van der Waals surface area contributed by atoms with Crippen LogP contribution in [0, 0.1) is 5.92 Å². The number of carbonyl (C=O) groups excluding carboxylic acids is 1. The largest absolute Gasteiger partial charge is 0.508 e. The van der Waals surface area contributed by atoms with Gasteiger partial charge in [0.05, 0.1) is 6.04 Å². The summed E-state index contributed by atoms with van der Waals surface area (Å²) in [7, 11) is 2.12. The van der Waals surface area contributed by atoms with Gasteiger partial charge in [0.25, 0.3) is 0 Å². The molecule has 4 nitrogen and oxygen atoms in total. The molecule has 2 aromatic carbocycles. The molecule has 25 heavy (non-hydrogen) atoms. The Labute approximate surface area is 148 Å². The van der Waals surface area contributed by atoms with E-state index in [1.807, 2.05) is 18.2 Å². The predicted molar refractivity (Wildman–Crippen MR) is 97.3 cm³/mol. The number of phenolic OH excluding ortho intramolecular Hbond substituents is 1. The Morgan fingerprint density at radius 3 is 2.64 bits per heavy atom. The van der Waals surface area contributed by atoms with E-state index in [1.165, 1.54) is 5.56 Å². The van der Waals surface area contributed by atoms with Gasteiger partial charge in [0.15, 0.2) is 0 Å². The molecule has 0 aromatic heterocycles. The zero-order chi connectivity index (χ0) is 17.4. The minimum atomic E-state index is 0.0316. The predicted octanol–water partition coefficient (Wildman–Crippen LogP) is 3.06. The van der Waals surface area contributed by atoms with E-state index in [4.69, 9.17) is 0 Å². The molecule has 0 radical (unpaired) electrons. The first-order valence-electron chi connectivity index (χ1n) is 8.98. The maximum atomic E-state index is 12.7. The number of likely N-dealkylation sites (tertiary alicyclic amines) is 1. The van der Waals surface area contributed by atoms with Gasteiger partial charge >= 0.3 is 0 Å². The standard InChI is InChI=1S/C21H24N2O2/c1-23-11-10-19(20(23)14-6-3-2-4-7-14)22-21(25)18-13-17(18)15-8-5-9-16(24)12-15/h2-9,12,17-20,24H,10-11,13H2,1H3,(H,22,25)/t17-,18+,19?,20?/m1/s1. The van der Waals surface area contributed by atoms with E-state index >= 15 is 0 Å². The van der Waals surface area contributed by atoms with Gasteiger partial charge in [0.1, 0.15) is 5.75 Å². The van der Waals surface area contributed by atoms with Gasteiger partial charge in [0, 0.05) is 18.5 Å². The highest BCUT2D eigenvalue weighted by Gasteiger charge is 2.45. The van der Waals surface area contributed by atoms with E-state index in [9.17, 15) is 9.90 Å². The molecular formula is C21H24N2O2. The van der Waals surface area contributed by atoms with Crippen LogP contribution in [-0.4, -0.2) is 35.5 Å². The van der Waals surface area contributed by atoms with Gasteiger partial charge in [-0.3, -0.25) is 9.69 Å². The Bertz CT molecular complexity index is 762. The highest BCUT2D eigenvalue weighted by atomic mass is 16.3. The lowest BCUT2D eigenvalue weighted by molar-refractivity contribution is -0.123. The quantitative estimate of drug-likeness (QED) is 0.902. The summed E-state index contributed by atoms with van der Waals surface area (Å²) in [5.74, 6) is 0.685. The summed E-state index contributed by atoms with van der Waals surface area (Å²) in [5.41, 5.74) is 2.32. The van der Waals surface area contributed by atoms with Crippen LogP contribution in [0.1, 0.15) is 35.9 Å². The second-order valence-electron chi connectivity index (χ2n) is 7.28. The Morgan fingerprint density at radius 1 is 1.12 bits per heavy atom. The molecule has 1 saturated carbocycles. The molecule has 0 bridgehead atoms. The Hall–Kier alpha value is -2.33. The van der Waals surface area contributed by atoms with Crippen molar-refractivity contribution >= 4 is 5.91 Å². The molecular weight excluding hydrogens is 312 g/mol. The smallest absolute Gasteiger partial charge is 0.224 e. The maximum absolute atomic E-state index is 12.7. The zero-order valence-electron chi connectivity index (χ0n) is 14.4. The second-order valence-corrected chi connectivity index (χ2v) is 7.28. The van der Waals surface area contributed by atoms with Crippen LogP contribution in [0.2, 0.25) is 0 Å². The summed E-state index contributed by atoms with van der Waals surface area (Å²) < 4.78 is 0. The monoisotopic (exact) mass is 336 g/mol. The fraction of sp³-hybridized carbons (Fsp3) is 0.381. The number of rotatable bonds is 4. The van der Waals surface area contributed by atoms with Gasteiger partial charge in [-0.2, -0.15) is 0 Å². The number of likely N-dealkylation sites (N-methyl/N-ethyl adjacent to an activating group) is 1. The van der Waals surface area contributed by atoms with E-state index in [1.54, 1.807) is 12.1 Å². The third kappa shape index (κ3) is 3.27. The Kier molecular flexibility index (Phi) is 4.22. The SMILES string of the molecule is CN1CCC(NC(=O)[C@H]2C[C@@H]2c2cccc(O)c2)C1c1ccccc1. The lowest BCUT2D eigenvalue weighted by atomic mass is 10.00. The molecule has 1 amide bonds. The minimum Gasteiger partial charge on any atom is -0.508 e. The van der Waals surface area contributed by atoms with E-state index in [0.29, 0.717) is 0 Å². The van der Waals surface area contributed by atoms with Crippen LogP contribution in [0.15, 0.2) is 54.6 Å². The number of nitrogens with one attached hydrogen (secondary N) is 1. The fourth-order valence-corrected chi connectivity index (χ4v) is 4.13. The maximum Gasteiger partial charge on any atom is 0.224 e. The number of benzene rings is 2. The van der Waals surface area contributed by atoms with Gasteiger partial charge in [-0.1, -0.05) is 42.5 Å². The van der Waals surface area contributed by atoms with Crippen LogP contribution in [-0.2, 0) is 4.79 Å². The van der Waals surface area contributed by atoms with E-state index in [2.05, 4.69) is 41.5 Å². The number of hydrogen-bond acceptors (Lipinski definition) is 3. The van der Waals surface area contributed by atoms with Crippen molar-refractivity contribution in [1.82, 2.24) is 10.2 Å². The normalized spacial score (nSPS) is 28.7. The summed E-state index contributed by atoms with van der Waals surface area (Å²) in [6.45, 7) is 0.991. The Balaban J connectivity index is 1.43. The third-order valence-corrected chi connectivity index (χ3v) is 5.54. The summed E-state index contributed by atoms with van der Waals surface area (Å²) in [6.07, 6.45) is 1.85. The topological polar surface area (TPSA) is 52.6 Å². The molecule has 2 aromatic rings. The van der Waals surface area contributed by atoms with Gasteiger partial charge in [0.2, 0.25) is 5.91 Å². The fourth-order valence-electron chi connectivity index (χ4n) is 4.13. The summed E-state index contributed by atoms with van der Waals surface area (Å²) in [4.78, 5) is 15.0. The van der Waals surface area contributed by atoms with Gasteiger partial charge in [-0.05, 0) is 49.1 Å². The average molecular weight is 336 g/mol. The minimum absolute atomic E-state index is 0.0316. The molecule has 4 rings (SSSR count). The summed E-state index contributed by atoms with van der Waals surface area (Å²) in [6, 6.07) is 18.1. The number of phenols is 1. The number of aromatic hydroxyl groups is 1. The first-order chi connectivity index (χ1) is 12.1. The average Bonchev–Trinajstić information content (AvgIpc) is 3.34. The number of hydrogen-bond donors (Lipinski definition) is 2. The molecule has 2 unspecified atom stereocenters. The first kappa shape index (κ1) is 16.2. The molecule has 1 aliphatic carbocycles. The number of amides is 1. The van der Waals surface area contributed by atoms with Crippen molar-refractivity contribution in [2.24, 2.45) is 5.92 Å². The van der Waals surface area contributed by atoms with E-state index in [-0.39, 0.29) is 35.6 Å². The first-order valence-corrected chi connectivity index (χ1v) is 8.98. The zero-order valence-corrected chi connectivity index (χ0v) is 14.4. The van der Waals surface area contributed by atoms with E-state index < -0.39 is 0 Å². The van der Waals surface area contributed by atoms with Crippen molar-refractivity contribution in [3.63, 3.8) is 0 Å². The number of nitrogens with zero attached hydrogens (tertiary/aromatic N) is 1. The lowest BCUT2D eigenvalue weighted by Crippen LogP contribution is -2.39. The molecule has 130 valence electrons. The molecule has 1 saturated heterocycles. The van der Waals surface area contributed by atoms with Crippen LogP contribution < -0.4 is 5.32 Å². The molecule has 1 heterocycles. The van der Waals surface area contributed by atoms with Crippen LogP contribution in [0.25, 0.3) is 0 Å². The summed E-state index contributed by atoms with van der Waals surface area (Å²) in [5, 5.41) is 12.9. The molecule has 1 aliphatic heterocycles. The molecule has 2 N–H and O–H groups in total. The number of carbonyl (C=O) groups is 1. The van der Waals surface area contributed by atoms with Crippen molar-refractivity contribution in [2.75, 3.05) is 13.6 Å². The van der Waals surface area contributed by atoms with Gasteiger partial charge < -0.3 is 10.4 Å². The summed E-state index contributed by atoms with van der Waals surface area (Å²) >= 11 is 0. The molecule has 2 fully saturated rings. The molecule has 2 aliphatic rings. The van der Waals surface area contributed by atoms with Crippen molar-refractivity contribution < 1.29 is 9.90 Å². The van der Waals surface area contributed by atoms with E-state index in [0.717, 1.165) is 24.9 Å². The van der Waals surface area contributed by atoms with Crippen LogP contribution in [0.3, 0.4) is 0 Å². The molecule has 4 heteroatoms. The lowest BCUT2D eigenvalue weighted by Gasteiger charge is -2.26. The van der Waals surface area contributed by atoms with Crippen LogP contribution in [0.5, 0.6) is 5.75 Å². The molecule has 4 atom stereocenters. The van der Waals surface area contributed by atoms with Crippen molar-refractivity contribution in [3.8, 4) is 5.75 Å². The van der Waals surface area contributed by atoms with Crippen LogP contribution >= 0.6 is 0 Å². The van der Waals surface area contributed by atoms with Crippen LogP contribution in [0.4, 0.5) is 0 Å². The Morgan fingerprint density at radius 2 is 1.88 bits per heavy atom. The van der Waals surface area contributed by atoms with Crippen molar-refractivity contribution in [1.29, 1.82) is 0 Å². The molecule has 0 spiro atoms. The highest BCUT2D eigenvalue weighted by Crippen LogP contribution is 2.48.